The Kier molecular flexibility index (Phi) is 3.81. The summed E-state index contributed by atoms with van der Waals surface area (Å²) in [6.07, 6.45) is 5.18. The molecule has 3 atom stereocenters. The third-order valence-electron chi connectivity index (χ3n) is 4.85. The van der Waals surface area contributed by atoms with Crippen LogP contribution < -0.4 is 0 Å². The van der Waals surface area contributed by atoms with Gasteiger partial charge in [0, 0.05) is 0 Å². The summed E-state index contributed by atoms with van der Waals surface area (Å²) in [7, 11) is 1.41. The lowest BCUT2D eigenvalue weighted by Crippen LogP contribution is -2.40. The predicted octanol–water partition coefficient (Wildman–Crippen LogP) is 2.83. The number of hydrogen-bond acceptors (Lipinski definition) is 3. The molecule has 0 spiro atoms. The van der Waals surface area contributed by atoms with Crippen molar-refractivity contribution >= 4 is 5.97 Å². The SMILES string of the molecule is COC(=O)CC1CC2=C(C)CCCC2(C)CC1O. The van der Waals surface area contributed by atoms with E-state index in [9.17, 15) is 9.90 Å². The first kappa shape index (κ1) is 13.6. The Labute approximate surface area is 109 Å². The monoisotopic (exact) mass is 252 g/mol. The molecule has 0 heterocycles. The molecule has 18 heavy (non-hydrogen) atoms. The van der Waals surface area contributed by atoms with E-state index in [0.29, 0.717) is 6.42 Å². The fourth-order valence-electron chi connectivity index (χ4n) is 3.74. The number of methoxy groups -OCH3 is 1. The Morgan fingerprint density at radius 3 is 2.94 bits per heavy atom. The Bertz CT molecular complexity index is 372. The Morgan fingerprint density at radius 2 is 2.28 bits per heavy atom. The van der Waals surface area contributed by atoms with E-state index >= 15 is 0 Å². The highest BCUT2D eigenvalue weighted by molar-refractivity contribution is 5.69. The fourth-order valence-corrected chi connectivity index (χ4v) is 3.74. The molecule has 0 bridgehead atoms. The van der Waals surface area contributed by atoms with Crippen molar-refractivity contribution in [3.63, 3.8) is 0 Å². The standard InChI is InChI=1S/C15H24O3/c1-10-5-4-6-15(2)9-13(16)11(7-12(10)15)8-14(17)18-3/h11,13,16H,4-9H2,1-3H3. The normalized spacial score (nSPS) is 36.2. The van der Waals surface area contributed by atoms with Gasteiger partial charge in [-0.2, -0.15) is 0 Å². The molecule has 1 saturated carbocycles. The number of esters is 1. The van der Waals surface area contributed by atoms with Crippen LogP contribution in [0.15, 0.2) is 11.1 Å². The Morgan fingerprint density at radius 1 is 1.56 bits per heavy atom. The minimum Gasteiger partial charge on any atom is -0.469 e. The molecular weight excluding hydrogens is 228 g/mol. The van der Waals surface area contributed by atoms with Crippen molar-refractivity contribution in [2.45, 2.75) is 58.5 Å². The number of carbonyl (C=O) groups excluding carboxylic acids is 1. The van der Waals surface area contributed by atoms with E-state index in [4.69, 9.17) is 4.74 Å². The number of rotatable bonds is 2. The van der Waals surface area contributed by atoms with E-state index in [1.54, 1.807) is 0 Å². The maximum atomic E-state index is 11.4. The van der Waals surface area contributed by atoms with Crippen molar-refractivity contribution in [2.75, 3.05) is 7.11 Å². The molecule has 102 valence electrons. The van der Waals surface area contributed by atoms with E-state index in [0.717, 1.165) is 12.8 Å². The summed E-state index contributed by atoms with van der Waals surface area (Å²) in [6, 6.07) is 0. The van der Waals surface area contributed by atoms with Gasteiger partial charge < -0.3 is 9.84 Å². The molecule has 0 amide bonds. The zero-order valence-electron chi connectivity index (χ0n) is 11.7. The molecule has 0 aromatic heterocycles. The highest BCUT2D eigenvalue weighted by Gasteiger charge is 2.42. The molecule has 0 aromatic carbocycles. The smallest absolute Gasteiger partial charge is 0.305 e. The van der Waals surface area contributed by atoms with Crippen LogP contribution in [0.4, 0.5) is 0 Å². The van der Waals surface area contributed by atoms with Gasteiger partial charge in [0.2, 0.25) is 0 Å². The molecule has 0 aromatic rings. The van der Waals surface area contributed by atoms with Gasteiger partial charge >= 0.3 is 5.97 Å². The van der Waals surface area contributed by atoms with Gasteiger partial charge in [0.15, 0.2) is 0 Å². The second kappa shape index (κ2) is 5.04. The third kappa shape index (κ3) is 2.46. The predicted molar refractivity (Wildman–Crippen MR) is 70.0 cm³/mol. The first-order chi connectivity index (χ1) is 8.46. The summed E-state index contributed by atoms with van der Waals surface area (Å²) in [4.78, 5) is 11.4. The molecule has 0 aliphatic heterocycles. The summed E-state index contributed by atoms with van der Waals surface area (Å²) < 4.78 is 4.72. The van der Waals surface area contributed by atoms with Crippen LogP contribution in [-0.4, -0.2) is 24.3 Å². The van der Waals surface area contributed by atoms with E-state index in [1.165, 1.54) is 37.5 Å². The van der Waals surface area contributed by atoms with Gasteiger partial charge in [-0.1, -0.05) is 18.1 Å². The summed E-state index contributed by atoms with van der Waals surface area (Å²) in [5.41, 5.74) is 3.13. The van der Waals surface area contributed by atoms with Gasteiger partial charge in [-0.05, 0) is 50.4 Å². The Hall–Kier alpha value is -0.830. The fraction of sp³-hybridized carbons (Fsp3) is 0.800. The quantitative estimate of drug-likeness (QED) is 0.607. The summed E-state index contributed by atoms with van der Waals surface area (Å²) >= 11 is 0. The average molecular weight is 252 g/mol. The van der Waals surface area contributed by atoms with Gasteiger partial charge in [-0.3, -0.25) is 4.79 Å². The summed E-state index contributed by atoms with van der Waals surface area (Å²) in [5, 5.41) is 10.3. The maximum Gasteiger partial charge on any atom is 0.305 e. The number of aliphatic hydroxyl groups excluding tert-OH is 1. The van der Waals surface area contributed by atoms with Crippen molar-refractivity contribution < 1.29 is 14.6 Å². The number of hydrogen-bond donors (Lipinski definition) is 1. The van der Waals surface area contributed by atoms with Gasteiger partial charge in [0.05, 0.1) is 19.6 Å². The number of ether oxygens (including phenoxy) is 1. The Balaban J connectivity index is 2.17. The second-order valence-corrected chi connectivity index (χ2v) is 6.19. The van der Waals surface area contributed by atoms with Crippen LogP contribution in [0.3, 0.4) is 0 Å². The molecule has 3 heteroatoms. The molecule has 0 radical (unpaired) electrons. The van der Waals surface area contributed by atoms with Crippen LogP contribution in [0.5, 0.6) is 0 Å². The lowest BCUT2D eigenvalue weighted by molar-refractivity contribution is -0.143. The van der Waals surface area contributed by atoms with E-state index < -0.39 is 0 Å². The van der Waals surface area contributed by atoms with E-state index in [1.807, 2.05) is 0 Å². The number of carbonyl (C=O) groups is 1. The van der Waals surface area contributed by atoms with Crippen LogP contribution in [-0.2, 0) is 9.53 Å². The first-order valence-corrected chi connectivity index (χ1v) is 6.90. The van der Waals surface area contributed by atoms with Crippen LogP contribution in [0, 0.1) is 11.3 Å². The van der Waals surface area contributed by atoms with Crippen molar-refractivity contribution in [3.8, 4) is 0 Å². The number of fused-ring (bicyclic) bond motifs is 1. The minimum absolute atomic E-state index is 0.0357. The molecule has 3 unspecified atom stereocenters. The van der Waals surface area contributed by atoms with Crippen LogP contribution in [0.1, 0.15) is 52.4 Å². The topological polar surface area (TPSA) is 46.5 Å². The first-order valence-electron chi connectivity index (χ1n) is 6.90. The number of allylic oxidation sites excluding steroid dienone is 2. The number of aliphatic hydroxyl groups is 1. The lowest BCUT2D eigenvalue weighted by atomic mass is 9.60. The van der Waals surface area contributed by atoms with E-state index in [2.05, 4.69) is 13.8 Å². The maximum absolute atomic E-state index is 11.4. The molecule has 3 nitrogen and oxygen atoms in total. The zero-order valence-corrected chi connectivity index (χ0v) is 11.7. The molecule has 2 rings (SSSR count). The largest absolute Gasteiger partial charge is 0.469 e. The molecular formula is C15H24O3. The molecule has 1 fully saturated rings. The molecule has 0 saturated heterocycles. The van der Waals surface area contributed by atoms with Crippen molar-refractivity contribution in [3.05, 3.63) is 11.1 Å². The average Bonchev–Trinajstić information content (AvgIpc) is 2.31. The zero-order chi connectivity index (χ0) is 13.3. The minimum atomic E-state index is -0.372. The van der Waals surface area contributed by atoms with Crippen LogP contribution in [0.2, 0.25) is 0 Å². The highest BCUT2D eigenvalue weighted by atomic mass is 16.5. The van der Waals surface area contributed by atoms with Gasteiger partial charge in [-0.25, -0.2) is 0 Å². The highest BCUT2D eigenvalue weighted by Crippen LogP contribution is 2.51. The van der Waals surface area contributed by atoms with E-state index in [-0.39, 0.29) is 23.4 Å². The van der Waals surface area contributed by atoms with Crippen LogP contribution >= 0.6 is 0 Å². The third-order valence-corrected chi connectivity index (χ3v) is 4.85. The molecule has 2 aliphatic carbocycles. The van der Waals surface area contributed by atoms with Crippen molar-refractivity contribution in [1.82, 2.24) is 0 Å². The van der Waals surface area contributed by atoms with Crippen molar-refractivity contribution in [1.29, 1.82) is 0 Å². The summed E-state index contributed by atoms with van der Waals surface area (Å²) in [6.45, 7) is 4.47. The molecule has 2 aliphatic rings. The molecule has 1 N–H and O–H groups in total. The second-order valence-electron chi connectivity index (χ2n) is 6.19. The van der Waals surface area contributed by atoms with Gasteiger partial charge in [0.1, 0.15) is 0 Å². The summed E-state index contributed by atoms with van der Waals surface area (Å²) in [5.74, 6) is -0.176. The lowest BCUT2D eigenvalue weighted by Gasteiger charge is -2.46. The van der Waals surface area contributed by atoms with Crippen molar-refractivity contribution in [2.24, 2.45) is 11.3 Å². The van der Waals surface area contributed by atoms with Gasteiger partial charge in [0.25, 0.3) is 0 Å². The van der Waals surface area contributed by atoms with Gasteiger partial charge in [-0.15, -0.1) is 0 Å². The van der Waals surface area contributed by atoms with Crippen LogP contribution in [0.25, 0.3) is 0 Å².